The molecule has 0 aliphatic carbocycles. The van der Waals surface area contributed by atoms with E-state index in [-0.39, 0.29) is 11.5 Å². The average molecular weight is 267 g/mol. The predicted octanol–water partition coefficient (Wildman–Crippen LogP) is 2.87. The number of hydrogen-bond acceptors (Lipinski definition) is 2. The van der Waals surface area contributed by atoms with Crippen molar-refractivity contribution >= 4 is 0 Å². The van der Waals surface area contributed by atoms with E-state index >= 15 is 0 Å². The summed E-state index contributed by atoms with van der Waals surface area (Å²) in [5.74, 6) is -1.32. The Hall–Kier alpha value is -1.00. The molecule has 0 spiro atoms. The predicted molar refractivity (Wildman–Crippen MR) is 68.6 cm³/mol. The number of rotatable bonds is 2. The minimum atomic E-state index is -1.03. The summed E-state index contributed by atoms with van der Waals surface area (Å²) in [7, 11) is 2.11. The summed E-state index contributed by atoms with van der Waals surface area (Å²) in [6.07, 6.45) is 2.87. The fourth-order valence-electron chi connectivity index (χ4n) is 3.74. The summed E-state index contributed by atoms with van der Waals surface area (Å²) >= 11 is 0. The Balaban J connectivity index is 1.83. The monoisotopic (exact) mass is 267 g/mol. The lowest BCUT2D eigenvalue weighted by atomic mass is 9.83. The summed E-state index contributed by atoms with van der Waals surface area (Å²) in [4.78, 5) is 2.35. The fourth-order valence-corrected chi connectivity index (χ4v) is 3.74. The van der Waals surface area contributed by atoms with Crippen LogP contribution in [0, 0.1) is 17.6 Å². The molecule has 1 N–H and O–H groups in total. The molecular formula is C15H19F2NO. The number of hydrogen-bond donors (Lipinski definition) is 1. The zero-order chi connectivity index (χ0) is 13.6. The minimum Gasteiger partial charge on any atom is -0.388 e. The molecule has 0 aromatic heterocycles. The van der Waals surface area contributed by atoms with Gasteiger partial charge in [0.2, 0.25) is 0 Å². The van der Waals surface area contributed by atoms with Gasteiger partial charge in [-0.3, -0.25) is 0 Å². The second kappa shape index (κ2) is 4.84. The van der Waals surface area contributed by atoms with Gasteiger partial charge in [-0.15, -0.1) is 0 Å². The summed E-state index contributed by atoms with van der Waals surface area (Å²) in [6, 6.07) is 4.66. The highest BCUT2D eigenvalue weighted by molar-refractivity contribution is 5.23. The Labute approximate surface area is 112 Å². The van der Waals surface area contributed by atoms with E-state index in [1.54, 1.807) is 0 Å². The number of aliphatic hydroxyl groups excluding tert-OH is 1. The van der Waals surface area contributed by atoms with E-state index in [0.29, 0.717) is 12.1 Å². The van der Waals surface area contributed by atoms with E-state index in [0.717, 1.165) is 25.7 Å². The van der Waals surface area contributed by atoms with Gasteiger partial charge in [-0.25, -0.2) is 8.78 Å². The molecule has 19 heavy (non-hydrogen) atoms. The second-order valence-corrected chi connectivity index (χ2v) is 5.86. The molecule has 2 aliphatic heterocycles. The van der Waals surface area contributed by atoms with E-state index < -0.39 is 17.7 Å². The van der Waals surface area contributed by atoms with Crippen LogP contribution in [0.2, 0.25) is 0 Å². The molecule has 2 heterocycles. The summed E-state index contributed by atoms with van der Waals surface area (Å²) in [5, 5.41) is 10.4. The van der Waals surface area contributed by atoms with E-state index in [1.165, 1.54) is 18.2 Å². The zero-order valence-corrected chi connectivity index (χ0v) is 11.0. The van der Waals surface area contributed by atoms with Crippen LogP contribution in [-0.4, -0.2) is 29.1 Å². The Bertz CT molecular complexity index is 445. The van der Waals surface area contributed by atoms with E-state index in [2.05, 4.69) is 11.9 Å². The average Bonchev–Trinajstić information content (AvgIpc) is 2.62. The van der Waals surface area contributed by atoms with Crippen LogP contribution in [0.4, 0.5) is 8.78 Å². The van der Waals surface area contributed by atoms with Crippen LogP contribution in [0.5, 0.6) is 0 Å². The number of aliphatic hydroxyl groups is 1. The van der Waals surface area contributed by atoms with E-state index in [1.807, 2.05) is 0 Å². The zero-order valence-electron chi connectivity index (χ0n) is 11.0. The van der Waals surface area contributed by atoms with Gasteiger partial charge >= 0.3 is 0 Å². The van der Waals surface area contributed by atoms with Gasteiger partial charge in [0.05, 0.1) is 11.7 Å². The van der Waals surface area contributed by atoms with Gasteiger partial charge in [0.25, 0.3) is 0 Å². The summed E-state index contributed by atoms with van der Waals surface area (Å²) < 4.78 is 27.5. The van der Waals surface area contributed by atoms with Gasteiger partial charge in [-0.1, -0.05) is 6.07 Å². The first-order valence-corrected chi connectivity index (χ1v) is 6.92. The van der Waals surface area contributed by atoms with Gasteiger partial charge in [0.1, 0.15) is 11.6 Å². The molecule has 4 heteroatoms. The molecule has 1 aromatic carbocycles. The lowest BCUT2D eigenvalue weighted by Crippen LogP contribution is -2.41. The molecule has 3 atom stereocenters. The molecule has 3 unspecified atom stereocenters. The SMILES string of the molecule is CN1C2CCC1CC(C(O)c1c(F)cccc1F)C2. The molecule has 2 bridgehead atoms. The highest BCUT2D eigenvalue weighted by Gasteiger charge is 2.41. The Morgan fingerprint density at radius 3 is 2.21 bits per heavy atom. The van der Waals surface area contributed by atoms with Crippen molar-refractivity contribution in [2.24, 2.45) is 5.92 Å². The quantitative estimate of drug-likeness (QED) is 0.890. The van der Waals surface area contributed by atoms with Gasteiger partial charge in [-0.2, -0.15) is 0 Å². The number of benzene rings is 1. The molecule has 104 valence electrons. The molecule has 0 saturated carbocycles. The largest absolute Gasteiger partial charge is 0.388 e. The molecule has 2 saturated heterocycles. The molecule has 2 fully saturated rings. The topological polar surface area (TPSA) is 23.5 Å². The lowest BCUT2D eigenvalue weighted by Gasteiger charge is -2.38. The lowest BCUT2D eigenvalue weighted by molar-refractivity contribution is 0.0316. The van der Waals surface area contributed by atoms with E-state index in [4.69, 9.17) is 0 Å². The third kappa shape index (κ3) is 2.17. The molecule has 1 aromatic rings. The van der Waals surface area contributed by atoms with E-state index in [9.17, 15) is 13.9 Å². The second-order valence-electron chi connectivity index (χ2n) is 5.86. The summed E-state index contributed by atoms with van der Waals surface area (Å²) in [6.45, 7) is 0. The maximum atomic E-state index is 13.7. The van der Waals surface area contributed by atoms with Crippen LogP contribution in [0.3, 0.4) is 0 Å². The van der Waals surface area contributed by atoms with Crippen LogP contribution in [0.1, 0.15) is 37.4 Å². The number of fused-ring (bicyclic) bond motifs is 2. The van der Waals surface area contributed by atoms with Crippen LogP contribution < -0.4 is 0 Å². The fraction of sp³-hybridized carbons (Fsp3) is 0.600. The van der Waals surface area contributed by atoms with Gasteiger partial charge in [0, 0.05) is 12.1 Å². The molecular weight excluding hydrogens is 248 g/mol. The third-order valence-electron chi connectivity index (χ3n) is 4.88. The molecule has 2 nitrogen and oxygen atoms in total. The van der Waals surface area contributed by atoms with Crippen LogP contribution in [0.15, 0.2) is 18.2 Å². The van der Waals surface area contributed by atoms with Crippen molar-refractivity contribution in [3.63, 3.8) is 0 Å². The van der Waals surface area contributed by atoms with Crippen molar-refractivity contribution < 1.29 is 13.9 Å². The van der Waals surface area contributed by atoms with Crippen molar-refractivity contribution in [2.75, 3.05) is 7.05 Å². The van der Waals surface area contributed by atoms with Crippen molar-refractivity contribution in [2.45, 2.75) is 43.9 Å². The van der Waals surface area contributed by atoms with Crippen molar-refractivity contribution in [3.8, 4) is 0 Å². The number of halogens is 2. The van der Waals surface area contributed by atoms with Crippen molar-refractivity contribution in [1.82, 2.24) is 4.90 Å². The van der Waals surface area contributed by atoms with Crippen molar-refractivity contribution in [3.05, 3.63) is 35.4 Å². The maximum Gasteiger partial charge on any atom is 0.131 e. The highest BCUT2D eigenvalue weighted by atomic mass is 19.1. The summed E-state index contributed by atoms with van der Waals surface area (Å²) in [5.41, 5.74) is -0.156. The molecule has 2 aliphatic rings. The van der Waals surface area contributed by atoms with Gasteiger partial charge in [-0.05, 0) is 50.8 Å². The molecule has 0 radical (unpaired) electrons. The molecule has 0 amide bonds. The van der Waals surface area contributed by atoms with Gasteiger partial charge in [0.15, 0.2) is 0 Å². The van der Waals surface area contributed by atoms with Crippen LogP contribution >= 0.6 is 0 Å². The van der Waals surface area contributed by atoms with Crippen LogP contribution in [0.25, 0.3) is 0 Å². The first-order chi connectivity index (χ1) is 9.08. The normalized spacial score (nSPS) is 32.5. The smallest absolute Gasteiger partial charge is 0.131 e. The van der Waals surface area contributed by atoms with Gasteiger partial charge < -0.3 is 10.0 Å². The number of nitrogens with zero attached hydrogens (tertiary/aromatic N) is 1. The highest BCUT2D eigenvalue weighted by Crippen LogP contribution is 2.43. The van der Waals surface area contributed by atoms with Crippen LogP contribution in [-0.2, 0) is 0 Å². The Morgan fingerprint density at radius 2 is 1.68 bits per heavy atom. The minimum absolute atomic E-state index is 0.0416. The maximum absolute atomic E-state index is 13.7. The molecule has 3 rings (SSSR count). The Kier molecular flexibility index (Phi) is 3.31. The van der Waals surface area contributed by atoms with Crippen molar-refractivity contribution in [1.29, 1.82) is 0 Å². The first-order valence-electron chi connectivity index (χ1n) is 6.92. The third-order valence-corrected chi connectivity index (χ3v) is 4.88. The first kappa shape index (κ1) is 13.0. The standard InChI is InChI=1S/C15H19F2NO/c1-18-10-5-6-11(18)8-9(7-10)15(19)14-12(16)3-2-4-13(14)17/h2-4,9-11,15,19H,5-8H2,1H3. The Morgan fingerprint density at radius 1 is 1.16 bits per heavy atom. The number of piperidine rings is 1.